The number of carbonyl (C=O) groups excluding carboxylic acids is 3. The Balaban J connectivity index is 2.18. The van der Waals surface area contributed by atoms with Crippen molar-refractivity contribution in [3.63, 3.8) is 0 Å². The smallest absolute Gasteiger partial charge is 0.322 e. The zero-order chi connectivity index (χ0) is 14.5. The molecule has 2 heterocycles. The van der Waals surface area contributed by atoms with Crippen LogP contribution in [-0.4, -0.2) is 23.3 Å². The van der Waals surface area contributed by atoms with E-state index in [2.05, 4.69) is 10.6 Å². The monoisotopic (exact) mass is 298 g/mol. The molecule has 8 heteroatoms. The highest BCUT2D eigenvalue weighted by Crippen LogP contribution is 2.42. The van der Waals surface area contributed by atoms with Gasteiger partial charge in [0, 0.05) is 12.0 Å². The topological polar surface area (TPSA) is 84.5 Å². The largest absolute Gasteiger partial charge is 0.481 e. The molecule has 2 atom stereocenters. The van der Waals surface area contributed by atoms with E-state index in [9.17, 15) is 18.8 Å². The first-order valence-corrected chi connectivity index (χ1v) is 6.10. The highest BCUT2D eigenvalue weighted by Gasteiger charge is 2.54. The van der Waals surface area contributed by atoms with Gasteiger partial charge < -0.3 is 10.1 Å². The van der Waals surface area contributed by atoms with Gasteiger partial charge in [0.25, 0.3) is 11.1 Å². The molecule has 1 fully saturated rings. The fraction of sp³-hybridized carbons (Fsp3) is 0.250. The molecular weight excluding hydrogens is 291 g/mol. The van der Waals surface area contributed by atoms with Gasteiger partial charge in [-0.2, -0.15) is 0 Å². The second-order valence-electron chi connectivity index (χ2n) is 4.57. The maximum absolute atomic E-state index is 13.4. The van der Waals surface area contributed by atoms with Crippen LogP contribution in [0.25, 0.3) is 0 Å². The SMILES string of the molecule is O=C1NC(=O)[C@@]2(C[C@@H](C(=O)Cl)Oc3ccc(F)cc32)N1. The van der Waals surface area contributed by atoms with Crippen LogP contribution in [0.15, 0.2) is 18.2 Å². The Labute approximate surface area is 117 Å². The van der Waals surface area contributed by atoms with Crippen LogP contribution in [-0.2, 0) is 15.1 Å². The molecule has 3 amide bonds. The summed E-state index contributed by atoms with van der Waals surface area (Å²) in [6, 6.07) is 2.79. The molecule has 0 radical (unpaired) electrons. The molecule has 1 spiro atoms. The second-order valence-corrected chi connectivity index (χ2v) is 4.94. The van der Waals surface area contributed by atoms with Crippen LogP contribution >= 0.6 is 11.6 Å². The Morgan fingerprint density at radius 2 is 2.20 bits per heavy atom. The molecule has 0 bridgehead atoms. The van der Waals surface area contributed by atoms with Crippen LogP contribution in [0.1, 0.15) is 12.0 Å². The lowest BCUT2D eigenvalue weighted by Gasteiger charge is -2.36. The van der Waals surface area contributed by atoms with Crippen molar-refractivity contribution in [3.8, 4) is 5.75 Å². The number of benzene rings is 1. The van der Waals surface area contributed by atoms with E-state index < -0.39 is 34.6 Å². The predicted octanol–water partition coefficient (Wildman–Crippen LogP) is 0.777. The maximum Gasteiger partial charge on any atom is 0.322 e. The van der Waals surface area contributed by atoms with E-state index in [1.165, 1.54) is 6.07 Å². The first-order valence-electron chi connectivity index (χ1n) is 5.72. The van der Waals surface area contributed by atoms with Gasteiger partial charge in [-0.3, -0.25) is 14.9 Å². The summed E-state index contributed by atoms with van der Waals surface area (Å²) in [7, 11) is 0. The number of halogens is 2. The van der Waals surface area contributed by atoms with Crippen LogP contribution in [0.2, 0.25) is 0 Å². The third-order valence-corrected chi connectivity index (χ3v) is 3.60. The van der Waals surface area contributed by atoms with Crippen molar-refractivity contribution in [1.29, 1.82) is 0 Å². The summed E-state index contributed by atoms with van der Waals surface area (Å²) < 4.78 is 18.8. The summed E-state index contributed by atoms with van der Waals surface area (Å²) in [5.41, 5.74) is -1.38. The van der Waals surface area contributed by atoms with Gasteiger partial charge in [0.2, 0.25) is 0 Å². The Hall–Kier alpha value is -2.15. The highest BCUT2D eigenvalue weighted by atomic mass is 35.5. The molecule has 6 nitrogen and oxygen atoms in total. The van der Waals surface area contributed by atoms with Crippen molar-refractivity contribution >= 4 is 28.8 Å². The van der Waals surface area contributed by atoms with Gasteiger partial charge in [-0.05, 0) is 29.8 Å². The van der Waals surface area contributed by atoms with Crippen LogP contribution in [0, 0.1) is 5.82 Å². The number of amides is 3. The maximum atomic E-state index is 13.4. The normalized spacial score (nSPS) is 27.6. The minimum Gasteiger partial charge on any atom is -0.481 e. The van der Waals surface area contributed by atoms with E-state index in [0.29, 0.717) is 0 Å². The molecule has 1 saturated heterocycles. The van der Waals surface area contributed by atoms with E-state index in [1.54, 1.807) is 0 Å². The molecule has 0 aromatic heterocycles. The van der Waals surface area contributed by atoms with E-state index in [0.717, 1.165) is 12.1 Å². The third kappa shape index (κ3) is 1.74. The number of hydrogen-bond donors (Lipinski definition) is 2. The lowest BCUT2D eigenvalue weighted by molar-refractivity contribution is -0.128. The molecule has 20 heavy (non-hydrogen) atoms. The van der Waals surface area contributed by atoms with Crippen LogP contribution < -0.4 is 15.4 Å². The molecule has 2 aliphatic rings. The van der Waals surface area contributed by atoms with Crippen molar-refractivity contribution < 1.29 is 23.5 Å². The quantitative estimate of drug-likeness (QED) is 0.593. The van der Waals surface area contributed by atoms with Crippen LogP contribution in [0.5, 0.6) is 5.75 Å². The van der Waals surface area contributed by atoms with Gasteiger partial charge in [-0.1, -0.05) is 0 Å². The fourth-order valence-electron chi connectivity index (χ4n) is 2.47. The number of carbonyl (C=O) groups is 3. The Kier molecular flexibility index (Phi) is 2.68. The summed E-state index contributed by atoms with van der Waals surface area (Å²) in [6.07, 6.45) is -1.29. The lowest BCUT2D eigenvalue weighted by Crippen LogP contribution is -2.51. The highest BCUT2D eigenvalue weighted by molar-refractivity contribution is 6.64. The van der Waals surface area contributed by atoms with Gasteiger partial charge in [-0.25, -0.2) is 9.18 Å². The van der Waals surface area contributed by atoms with Gasteiger partial charge >= 0.3 is 6.03 Å². The third-order valence-electron chi connectivity index (χ3n) is 3.36. The fourth-order valence-corrected chi connectivity index (χ4v) is 2.59. The van der Waals surface area contributed by atoms with Gasteiger partial charge in [0.1, 0.15) is 11.6 Å². The molecule has 2 N–H and O–H groups in total. The Morgan fingerprint density at radius 3 is 2.80 bits per heavy atom. The second kappa shape index (κ2) is 4.17. The van der Waals surface area contributed by atoms with Gasteiger partial charge in [0.15, 0.2) is 11.6 Å². The molecular formula is C12H8ClFN2O4. The summed E-state index contributed by atoms with van der Waals surface area (Å²) in [5.74, 6) is -1.12. The summed E-state index contributed by atoms with van der Waals surface area (Å²) in [4.78, 5) is 34.8. The summed E-state index contributed by atoms with van der Waals surface area (Å²) >= 11 is 5.42. The number of imide groups is 1. The van der Waals surface area contributed by atoms with Crippen molar-refractivity contribution in [2.45, 2.75) is 18.1 Å². The molecule has 1 aromatic rings. The average Bonchev–Trinajstić information content (AvgIpc) is 2.65. The molecule has 2 aliphatic heterocycles. The zero-order valence-corrected chi connectivity index (χ0v) is 10.7. The van der Waals surface area contributed by atoms with E-state index >= 15 is 0 Å². The van der Waals surface area contributed by atoms with E-state index in [-0.39, 0.29) is 17.7 Å². The van der Waals surface area contributed by atoms with E-state index in [4.69, 9.17) is 16.3 Å². The molecule has 3 rings (SSSR count). The number of hydrogen-bond acceptors (Lipinski definition) is 4. The molecule has 0 saturated carbocycles. The molecule has 1 aromatic carbocycles. The standard InChI is InChI=1S/C12H8ClFN2O4/c13-9(17)8-4-12(10(18)15-11(19)16-12)6-3-5(14)1-2-7(6)20-8/h1-3,8H,4H2,(H2,15,16,18,19)/t8-,12-/m0/s1. The average molecular weight is 299 g/mol. The van der Waals surface area contributed by atoms with Crippen molar-refractivity contribution in [2.75, 3.05) is 0 Å². The Bertz CT molecular complexity index is 650. The van der Waals surface area contributed by atoms with Gasteiger partial charge in [0.05, 0.1) is 0 Å². The first-order chi connectivity index (χ1) is 9.42. The molecule has 104 valence electrons. The van der Waals surface area contributed by atoms with E-state index in [1.807, 2.05) is 0 Å². The molecule has 0 unspecified atom stereocenters. The van der Waals surface area contributed by atoms with Crippen LogP contribution in [0.3, 0.4) is 0 Å². The predicted molar refractivity (Wildman–Crippen MR) is 64.6 cm³/mol. The number of rotatable bonds is 1. The minimum absolute atomic E-state index is 0.133. The molecule has 0 aliphatic carbocycles. The van der Waals surface area contributed by atoms with Gasteiger partial charge in [-0.15, -0.1) is 0 Å². The first kappa shape index (κ1) is 12.9. The minimum atomic E-state index is -1.54. The van der Waals surface area contributed by atoms with Crippen molar-refractivity contribution in [2.24, 2.45) is 0 Å². The summed E-state index contributed by atoms with van der Waals surface area (Å²) in [6.45, 7) is 0. The zero-order valence-electron chi connectivity index (χ0n) is 9.91. The number of fused-ring (bicyclic) bond motifs is 2. The number of ether oxygens (including phenoxy) is 1. The lowest BCUT2D eigenvalue weighted by atomic mass is 9.82. The number of nitrogens with one attached hydrogen (secondary N) is 2. The van der Waals surface area contributed by atoms with Crippen molar-refractivity contribution in [3.05, 3.63) is 29.6 Å². The summed E-state index contributed by atoms with van der Waals surface area (Å²) in [5, 5.41) is 3.71. The Morgan fingerprint density at radius 1 is 1.45 bits per heavy atom. The van der Waals surface area contributed by atoms with Crippen molar-refractivity contribution in [1.82, 2.24) is 10.6 Å². The number of urea groups is 1. The van der Waals surface area contributed by atoms with Crippen LogP contribution in [0.4, 0.5) is 9.18 Å².